The Hall–Kier alpha value is -3.66. The van der Waals surface area contributed by atoms with Crippen molar-refractivity contribution in [1.29, 1.82) is 0 Å². The molecule has 0 amide bonds. The standard InChI is InChI=1S/C12H8NO.C12H11N.C6H7N.Ir/c1-8-6-7-10-9-4-2-3-5-11(9)14-12(10)13-8;1-10(2)8-9-12(13)11-6-4-3-5-7-11;1-6-3-2-4-7-5-6;/h2,4-7H,1H3;3-6,8-9H,1H2,2H3;2-5H,1H3;/q-1;-2;;+3/b;9-8-;;/i1D3;2D3,8D,9D;1D3,2D,3D;. The van der Waals surface area contributed by atoms with Gasteiger partial charge in [0.15, 0.2) is 0 Å². The monoisotopic (exact) mass is 650 g/mol. The maximum atomic E-state index is 9.77. The second-order valence-electron chi connectivity index (χ2n) is 6.52. The van der Waals surface area contributed by atoms with E-state index in [0.29, 0.717) is 11.3 Å². The number of hydrogen-bond donors (Lipinski definition) is 0. The summed E-state index contributed by atoms with van der Waals surface area (Å²) in [6.07, 6.45) is 2.25. The first-order chi connectivity index (χ1) is 21.7. The first kappa shape index (κ1) is 14.0. The van der Waals surface area contributed by atoms with Crippen LogP contribution in [0.3, 0.4) is 0 Å². The van der Waals surface area contributed by atoms with Gasteiger partial charge in [-0.1, -0.05) is 29.6 Å². The quantitative estimate of drug-likeness (QED) is 0.116. The fraction of sp³-hybridized carbons (Fsp3) is 0.100. The molecule has 0 aliphatic rings. The summed E-state index contributed by atoms with van der Waals surface area (Å²) in [7, 11) is 0. The van der Waals surface area contributed by atoms with Gasteiger partial charge in [-0.15, -0.1) is 42.5 Å². The van der Waals surface area contributed by atoms with Crippen molar-refractivity contribution in [3.05, 3.63) is 138 Å². The molecule has 4 nitrogen and oxygen atoms in total. The maximum Gasteiger partial charge on any atom is 3.00 e. The van der Waals surface area contributed by atoms with E-state index in [4.69, 9.17) is 22.2 Å². The summed E-state index contributed by atoms with van der Waals surface area (Å²) in [4.78, 5) is 7.58. The zero-order valence-corrected chi connectivity index (χ0v) is 20.5. The molecule has 5 aromatic rings. The molecule has 0 spiro atoms. The Bertz CT molecular complexity index is 1930. The second kappa shape index (κ2) is 13.9. The van der Waals surface area contributed by atoms with Crippen molar-refractivity contribution in [2.45, 2.75) is 20.6 Å². The van der Waals surface area contributed by atoms with E-state index in [1.807, 2.05) is 6.07 Å². The predicted molar refractivity (Wildman–Crippen MR) is 141 cm³/mol. The fourth-order valence-corrected chi connectivity index (χ4v) is 2.58. The van der Waals surface area contributed by atoms with Gasteiger partial charge in [-0.3, -0.25) is 4.98 Å². The van der Waals surface area contributed by atoms with E-state index in [9.17, 15) is 5.41 Å². The molecule has 0 aliphatic carbocycles. The van der Waals surface area contributed by atoms with Crippen LogP contribution in [-0.4, -0.2) is 15.7 Å². The second-order valence-corrected chi connectivity index (χ2v) is 6.52. The van der Waals surface area contributed by atoms with E-state index in [2.05, 4.69) is 28.7 Å². The van der Waals surface area contributed by atoms with E-state index in [0.717, 1.165) is 23.2 Å². The molecule has 0 saturated heterocycles. The molecule has 5 rings (SSSR count). The molecular weight excluding hydrogens is 611 g/mol. The number of rotatable bonds is 3. The molecule has 0 radical (unpaired) electrons. The first-order valence-corrected chi connectivity index (χ1v) is 9.75. The Morgan fingerprint density at radius 3 is 2.83 bits per heavy atom. The predicted octanol–water partition coefficient (Wildman–Crippen LogP) is 7.45. The van der Waals surface area contributed by atoms with Crippen molar-refractivity contribution in [3.63, 3.8) is 0 Å². The summed E-state index contributed by atoms with van der Waals surface area (Å²) in [5.41, 5.74) is 0.153. The minimum absolute atomic E-state index is 0. The Morgan fingerprint density at radius 2 is 2.09 bits per heavy atom. The minimum atomic E-state index is -2.55. The molecule has 2 aromatic carbocycles. The van der Waals surface area contributed by atoms with Crippen molar-refractivity contribution in [2.75, 3.05) is 0 Å². The van der Waals surface area contributed by atoms with Crippen LogP contribution < -0.4 is 0 Å². The van der Waals surface area contributed by atoms with Crippen molar-refractivity contribution in [2.24, 2.45) is 0 Å². The summed E-state index contributed by atoms with van der Waals surface area (Å²) >= 11 is 0. The Labute approximate surface area is 238 Å². The molecular formula is C30H26IrN3O. The smallest absolute Gasteiger partial charge is 0.855 e. The molecule has 3 heterocycles. The first-order valence-electron chi connectivity index (χ1n) is 16.3. The molecule has 0 unspecified atom stereocenters. The van der Waals surface area contributed by atoms with Crippen LogP contribution in [0.4, 0.5) is 0 Å². The number of furan rings is 1. The van der Waals surface area contributed by atoms with Gasteiger partial charge in [-0.2, -0.15) is 23.8 Å². The summed E-state index contributed by atoms with van der Waals surface area (Å²) in [6.45, 7) is -3.85. The molecule has 0 aliphatic heterocycles. The van der Waals surface area contributed by atoms with E-state index in [1.165, 1.54) is 12.1 Å². The third-order valence-corrected chi connectivity index (χ3v) is 4.03. The summed E-state index contributed by atoms with van der Waals surface area (Å²) < 4.78 is 99.3. The zero-order valence-electron chi connectivity index (χ0n) is 31.1. The Kier molecular flexibility index (Phi) is 5.57. The Balaban J connectivity index is 0.000000253. The number of allylic oxidation sites excluding steroid dienone is 3. The van der Waals surface area contributed by atoms with Gasteiger partial charge in [0.25, 0.3) is 0 Å². The largest absolute Gasteiger partial charge is 3.00 e. The SMILES string of the molecule is [2H]/C(C(=C)C([2H])([2H])[2H])=C(\[2H])C(=[N-])c1[c-]cccc1.[2H]C([2H])([2H])c1ccc2c(n1)oc1c[c-]ccc12.[2H]c1cncc(C([2H])([2H])[2H])c1[2H].[Ir+3]. The van der Waals surface area contributed by atoms with Crippen LogP contribution in [0.5, 0.6) is 0 Å². The van der Waals surface area contributed by atoms with Gasteiger partial charge in [-0.05, 0) is 44.3 Å². The van der Waals surface area contributed by atoms with Crippen LogP contribution in [0, 0.1) is 25.8 Å². The van der Waals surface area contributed by atoms with E-state index < -0.39 is 43.9 Å². The third kappa shape index (κ3) is 8.56. The number of nitrogens with zero attached hydrogens (tertiary/aromatic N) is 3. The molecule has 0 N–H and O–H groups in total. The van der Waals surface area contributed by atoms with Crippen molar-refractivity contribution in [1.82, 2.24) is 9.97 Å². The maximum absolute atomic E-state index is 9.77. The summed E-state index contributed by atoms with van der Waals surface area (Å²) in [5, 5.41) is 11.5. The minimum Gasteiger partial charge on any atom is -0.855 e. The van der Waals surface area contributed by atoms with Crippen molar-refractivity contribution in [3.8, 4) is 0 Å². The number of aryl methyl sites for hydroxylation is 2. The van der Waals surface area contributed by atoms with Gasteiger partial charge in [0.2, 0.25) is 5.71 Å². The topological polar surface area (TPSA) is 61.2 Å². The van der Waals surface area contributed by atoms with Gasteiger partial charge in [0.1, 0.15) is 0 Å². The van der Waals surface area contributed by atoms with Crippen molar-refractivity contribution >= 4 is 27.8 Å². The van der Waals surface area contributed by atoms with Gasteiger partial charge < -0.3 is 9.83 Å². The molecule has 176 valence electrons. The van der Waals surface area contributed by atoms with E-state index in [-0.39, 0.29) is 49.0 Å². The van der Waals surface area contributed by atoms with E-state index >= 15 is 0 Å². The number of fused-ring (bicyclic) bond motifs is 3. The van der Waals surface area contributed by atoms with Crippen LogP contribution in [0.15, 0.2) is 108 Å². The van der Waals surface area contributed by atoms with Crippen molar-refractivity contribution < 1.29 is 42.3 Å². The molecule has 0 atom stereocenters. The molecule has 0 bridgehead atoms. The van der Waals surface area contributed by atoms with Crippen LogP contribution >= 0.6 is 0 Å². The van der Waals surface area contributed by atoms with Gasteiger partial charge in [0.05, 0.1) is 4.11 Å². The average molecular weight is 650 g/mol. The van der Waals surface area contributed by atoms with E-state index in [1.54, 1.807) is 36.4 Å². The summed E-state index contributed by atoms with van der Waals surface area (Å²) in [6, 6.07) is 19.0. The number of aromatic nitrogens is 2. The molecule has 0 saturated carbocycles. The summed E-state index contributed by atoms with van der Waals surface area (Å²) in [5.74, 6) is 0. The fourth-order valence-electron chi connectivity index (χ4n) is 2.58. The average Bonchev–Trinajstić information content (AvgIpc) is 3.38. The van der Waals surface area contributed by atoms with Crippen LogP contribution in [0.25, 0.3) is 27.5 Å². The van der Waals surface area contributed by atoms with Gasteiger partial charge >= 0.3 is 20.1 Å². The number of hydrogen-bond acceptors (Lipinski definition) is 3. The number of pyridine rings is 2. The van der Waals surface area contributed by atoms with Gasteiger partial charge in [0, 0.05) is 42.8 Å². The number of benzene rings is 2. The molecule has 3 aromatic heterocycles. The van der Waals surface area contributed by atoms with Gasteiger partial charge in [-0.25, -0.2) is 10.7 Å². The zero-order chi connectivity index (χ0) is 35.3. The normalized spacial score (nSPS) is 17.1. The Morgan fingerprint density at radius 1 is 1.17 bits per heavy atom. The molecule has 0 fully saturated rings. The molecule has 5 heteroatoms. The third-order valence-electron chi connectivity index (χ3n) is 4.03. The van der Waals surface area contributed by atoms with Crippen LogP contribution in [0.2, 0.25) is 0 Å². The molecule has 35 heavy (non-hydrogen) atoms. The van der Waals surface area contributed by atoms with Crippen LogP contribution in [-0.2, 0) is 20.1 Å². The van der Waals surface area contributed by atoms with Crippen LogP contribution in [0.1, 0.15) is 41.5 Å².